The number of Topliss-reactive ketones (excluding diaryl/α,β-unsaturated/α-hetero) is 1. The highest BCUT2D eigenvalue weighted by molar-refractivity contribution is 5.79. The highest BCUT2D eigenvalue weighted by Gasteiger charge is 2.29. The van der Waals surface area contributed by atoms with Gasteiger partial charge in [-0.25, -0.2) is 4.79 Å². The summed E-state index contributed by atoms with van der Waals surface area (Å²) in [4.78, 5) is 24.6. The summed E-state index contributed by atoms with van der Waals surface area (Å²) < 4.78 is 0. The maximum absolute atomic E-state index is 11.8. The smallest absolute Gasteiger partial charge is 0.317 e. The first-order chi connectivity index (χ1) is 7.00. The van der Waals surface area contributed by atoms with Crippen LogP contribution in [0, 0.1) is 0 Å². The summed E-state index contributed by atoms with van der Waals surface area (Å²) in [5.41, 5.74) is 0. The largest absolute Gasteiger partial charge is 0.336 e. The fourth-order valence-electron chi connectivity index (χ4n) is 1.98. The molecular formula is C11H20N2O2. The van der Waals surface area contributed by atoms with Crippen LogP contribution in [0.2, 0.25) is 0 Å². The standard InChI is InChI=1S/C11H20N2O2/c1-8(2)12-11(15)13-6-4-5-10(13)7-9(3)14/h8,10H,4-7H2,1-3H3,(H,12,15). The van der Waals surface area contributed by atoms with E-state index in [-0.39, 0.29) is 23.9 Å². The second-order valence-corrected chi connectivity index (χ2v) is 4.50. The molecule has 4 heteroatoms. The Balaban J connectivity index is 2.52. The van der Waals surface area contributed by atoms with E-state index in [0.29, 0.717) is 6.42 Å². The summed E-state index contributed by atoms with van der Waals surface area (Å²) >= 11 is 0. The minimum atomic E-state index is -0.0336. The molecule has 0 aromatic heterocycles. The predicted molar refractivity (Wildman–Crippen MR) is 58.7 cm³/mol. The maximum atomic E-state index is 11.8. The lowest BCUT2D eigenvalue weighted by Crippen LogP contribution is -2.45. The number of carbonyl (C=O) groups excluding carboxylic acids is 2. The van der Waals surface area contributed by atoms with Crippen LogP contribution in [0.5, 0.6) is 0 Å². The van der Waals surface area contributed by atoms with Crippen LogP contribution in [0.3, 0.4) is 0 Å². The number of carbonyl (C=O) groups is 2. The van der Waals surface area contributed by atoms with Crippen LogP contribution in [0.4, 0.5) is 4.79 Å². The molecule has 1 saturated heterocycles. The van der Waals surface area contributed by atoms with Gasteiger partial charge in [0, 0.05) is 25.0 Å². The third-order valence-electron chi connectivity index (χ3n) is 2.57. The fraction of sp³-hybridized carbons (Fsp3) is 0.818. The van der Waals surface area contributed by atoms with Crippen molar-refractivity contribution < 1.29 is 9.59 Å². The molecule has 1 heterocycles. The van der Waals surface area contributed by atoms with Crippen LogP contribution in [-0.4, -0.2) is 35.3 Å². The Bertz CT molecular complexity index is 251. The molecule has 0 aliphatic carbocycles. The molecule has 15 heavy (non-hydrogen) atoms. The summed E-state index contributed by atoms with van der Waals surface area (Å²) in [6.45, 7) is 6.23. The molecule has 1 aliphatic heterocycles. The van der Waals surface area contributed by atoms with E-state index in [2.05, 4.69) is 5.32 Å². The number of nitrogens with one attached hydrogen (secondary N) is 1. The number of nitrogens with zero attached hydrogens (tertiary/aromatic N) is 1. The van der Waals surface area contributed by atoms with Crippen molar-refractivity contribution >= 4 is 11.8 Å². The number of likely N-dealkylation sites (tertiary alicyclic amines) is 1. The van der Waals surface area contributed by atoms with Crippen molar-refractivity contribution in [2.75, 3.05) is 6.54 Å². The molecule has 0 saturated carbocycles. The number of rotatable bonds is 3. The molecule has 1 aliphatic rings. The monoisotopic (exact) mass is 212 g/mol. The summed E-state index contributed by atoms with van der Waals surface area (Å²) in [7, 11) is 0. The van der Waals surface area contributed by atoms with Crippen molar-refractivity contribution in [2.24, 2.45) is 0 Å². The zero-order valence-electron chi connectivity index (χ0n) is 9.75. The normalized spacial score (nSPS) is 20.8. The lowest BCUT2D eigenvalue weighted by molar-refractivity contribution is -0.117. The van der Waals surface area contributed by atoms with Crippen molar-refractivity contribution in [3.05, 3.63) is 0 Å². The summed E-state index contributed by atoms with van der Waals surface area (Å²) in [6.07, 6.45) is 2.44. The van der Waals surface area contributed by atoms with E-state index < -0.39 is 0 Å². The van der Waals surface area contributed by atoms with Gasteiger partial charge in [-0.05, 0) is 33.6 Å². The fourth-order valence-corrected chi connectivity index (χ4v) is 1.98. The van der Waals surface area contributed by atoms with Gasteiger partial charge in [-0.1, -0.05) is 0 Å². The van der Waals surface area contributed by atoms with Crippen molar-refractivity contribution in [3.63, 3.8) is 0 Å². The average molecular weight is 212 g/mol. The molecule has 1 unspecified atom stereocenters. The topological polar surface area (TPSA) is 49.4 Å². The Kier molecular flexibility index (Phi) is 4.12. The predicted octanol–water partition coefficient (Wildman–Crippen LogP) is 1.55. The number of amides is 2. The van der Waals surface area contributed by atoms with Gasteiger partial charge in [-0.15, -0.1) is 0 Å². The van der Waals surface area contributed by atoms with Crippen LogP contribution in [0.1, 0.15) is 40.0 Å². The Morgan fingerprint density at radius 2 is 2.13 bits per heavy atom. The SMILES string of the molecule is CC(=O)CC1CCCN1C(=O)NC(C)C. The highest BCUT2D eigenvalue weighted by atomic mass is 16.2. The lowest BCUT2D eigenvalue weighted by Gasteiger charge is -2.25. The third kappa shape index (κ3) is 3.53. The van der Waals surface area contributed by atoms with Crippen molar-refractivity contribution in [2.45, 2.75) is 52.1 Å². The molecule has 0 aromatic rings. The summed E-state index contributed by atoms with van der Waals surface area (Å²) in [5.74, 6) is 0.157. The van der Waals surface area contributed by atoms with Gasteiger partial charge in [0.25, 0.3) is 0 Å². The van der Waals surface area contributed by atoms with Crippen molar-refractivity contribution in [1.82, 2.24) is 10.2 Å². The molecule has 86 valence electrons. The first-order valence-corrected chi connectivity index (χ1v) is 5.57. The Morgan fingerprint density at radius 1 is 1.47 bits per heavy atom. The van der Waals surface area contributed by atoms with Gasteiger partial charge < -0.3 is 10.2 Å². The average Bonchev–Trinajstić information content (AvgIpc) is 2.49. The van der Waals surface area contributed by atoms with E-state index in [4.69, 9.17) is 0 Å². The first kappa shape index (κ1) is 12.0. The summed E-state index contributed by atoms with van der Waals surface area (Å²) in [5, 5.41) is 2.86. The van der Waals surface area contributed by atoms with Gasteiger partial charge in [0.1, 0.15) is 5.78 Å². The zero-order chi connectivity index (χ0) is 11.4. The summed E-state index contributed by atoms with van der Waals surface area (Å²) in [6, 6.07) is 0.228. The van der Waals surface area contributed by atoms with E-state index in [1.807, 2.05) is 13.8 Å². The van der Waals surface area contributed by atoms with Gasteiger partial charge >= 0.3 is 6.03 Å². The molecular weight excluding hydrogens is 192 g/mol. The molecule has 0 bridgehead atoms. The Morgan fingerprint density at radius 3 is 2.67 bits per heavy atom. The molecule has 4 nitrogen and oxygen atoms in total. The molecule has 2 amide bonds. The third-order valence-corrected chi connectivity index (χ3v) is 2.57. The quantitative estimate of drug-likeness (QED) is 0.771. The van der Waals surface area contributed by atoms with Crippen molar-refractivity contribution in [1.29, 1.82) is 0 Å². The Hall–Kier alpha value is -1.06. The number of ketones is 1. The molecule has 0 aromatic carbocycles. The van der Waals surface area contributed by atoms with E-state index in [0.717, 1.165) is 19.4 Å². The molecule has 0 radical (unpaired) electrons. The number of hydrogen-bond acceptors (Lipinski definition) is 2. The van der Waals surface area contributed by atoms with Crippen LogP contribution >= 0.6 is 0 Å². The van der Waals surface area contributed by atoms with Crippen LogP contribution in [-0.2, 0) is 4.79 Å². The minimum absolute atomic E-state index is 0.0336. The molecule has 1 rings (SSSR count). The highest BCUT2D eigenvalue weighted by Crippen LogP contribution is 2.20. The van der Waals surface area contributed by atoms with Gasteiger partial charge in [-0.3, -0.25) is 4.79 Å². The molecule has 0 spiro atoms. The minimum Gasteiger partial charge on any atom is -0.336 e. The van der Waals surface area contributed by atoms with Gasteiger partial charge in [0.2, 0.25) is 0 Å². The van der Waals surface area contributed by atoms with E-state index in [9.17, 15) is 9.59 Å². The van der Waals surface area contributed by atoms with Gasteiger partial charge in [-0.2, -0.15) is 0 Å². The van der Waals surface area contributed by atoms with Crippen LogP contribution in [0.25, 0.3) is 0 Å². The van der Waals surface area contributed by atoms with E-state index >= 15 is 0 Å². The first-order valence-electron chi connectivity index (χ1n) is 5.57. The van der Waals surface area contributed by atoms with Gasteiger partial charge in [0.05, 0.1) is 0 Å². The Labute approximate surface area is 91.0 Å². The van der Waals surface area contributed by atoms with Crippen LogP contribution in [0.15, 0.2) is 0 Å². The van der Waals surface area contributed by atoms with E-state index in [1.54, 1.807) is 11.8 Å². The zero-order valence-corrected chi connectivity index (χ0v) is 9.75. The van der Waals surface area contributed by atoms with Gasteiger partial charge in [0.15, 0.2) is 0 Å². The van der Waals surface area contributed by atoms with E-state index in [1.165, 1.54) is 0 Å². The van der Waals surface area contributed by atoms with Crippen LogP contribution < -0.4 is 5.32 Å². The number of urea groups is 1. The number of hydrogen-bond donors (Lipinski definition) is 1. The second-order valence-electron chi connectivity index (χ2n) is 4.50. The maximum Gasteiger partial charge on any atom is 0.317 e. The lowest BCUT2D eigenvalue weighted by atomic mass is 10.1. The molecule has 1 fully saturated rings. The molecule has 1 atom stereocenters. The van der Waals surface area contributed by atoms with Crippen molar-refractivity contribution in [3.8, 4) is 0 Å². The molecule has 1 N–H and O–H groups in total. The second kappa shape index (κ2) is 5.14.